The molecule has 0 aromatic heterocycles. The summed E-state index contributed by atoms with van der Waals surface area (Å²) in [6.45, 7) is 3.36. The number of rotatable bonds is 5. The number of hydrogen-bond acceptors (Lipinski definition) is 4. The first-order valence-corrected chi connectivity index (χ1v) is 9.09. The predicted octanol–water partition coefficient (Wildman–Crippen LogP) is 3.20. The van der Waals surface area contributed by atoms with Crippen LogP contribution in [0.4, 0.5) is 18.9 Å². The maximum absolute atomic E-state index is 12.2. The highest BCUT2D eigenvalue weighted by Gasteiger charge is 2.38. The molecular formula is C17H16F3N3O3S. The molecule has 0 heterocycles. The van der Waals surface area contributed by atoms with Crippen LogP contribution in [0, 0.1) is 6.92 Å². The van der Waals surface area contributed by atoms with E-state index < -0.39 is 22.1 Å². The molecule has 0 atom stereocenters. The molecule has 0 aliphatic heterocycles. The van der Waals surface area contributed by atoms with Crippen LogP contribution in [0.1, 0.15) is 18.1 Å². The number of carbonyl (C=O) groups excluding carboxylic acids is 1. The Hall–Kier alpha value is -2.88. The highest BCUT2D eigenvalue weighted by molar-refractivity contribution is 7.89. The molecule has 2 N–H and O–H groups in total. The Bertz CT molecular complexity index is 952. The zero-order valence-electron chi connectivity index (χ0n) is 14.3. The van der Waals surface area contributed by atoms with Crippen LogP contribution in [-0.2, 0) is 14.8 Å². The van der Waals surface area contributed by atoms with Gasteiger partial charge in [0.05, 0.1) is 10.6 Å². The van der Waals surface area contributed by atoms with Crippen LogP contribution in [0.25, 0.3) is 0 Å². The minimum atomic E-state index is -4.98. The van der Waals surface area contributed by atoms with Gasteiger partial charge in [-0.3, -0.25) is 4.79 Å². The number of carbonyl (C=O) groups is 1. The van der Waals surface area contributed by atoms with Gasteiger partial charge in [-0.05, 0) is 43.7 Å². The number of benzene rings is 2. The molecule has 0 saturated heterocycles. The van der Waals surface area contributed by atoms with Gasteiger partial charge in [0.2, 0.25) is 0 Å². The van der Waals surface area contributed by atoms with E-state index in [1.807, 2.05) is 6.92 Å². The van der Waals surface area contributed by atoms with Crippen molar-refractivity contribution in [2.75, 3.05) is 5.32 Å². The fourth-order valence-electron chi connectivity index (χ4n) is 1.96. The summed E-state index contributed by atoms with van der Waals surface area (Å²) in [6.07, 6.45) is -4.98. The number of alkyl halides is 3. The Balaban J connectivity index is 2.09. The van der Waals surface area contributed by atoms with Crippen molar-refractivity contribution in [1.29, 1.82) is 0 Å². The molecule has 0 saturated carbocycles. The molecule has 144 valence electrons. The van der Waals surface area contributed by atoms with Gasteiger partial charge in [0.15, 0.2) is 0 Å². The van der Waals surface area contributed by atoms with Gasteiger partial charge < -0.3 is 5.32 Å². The molecule has 2 rings (SSSR count). The van der Waals surface area contributed by atoms with Crippen molar-refractivity contribution < 1.29 is 26.4 Å². The van der Waals surface area contributed by atoms with Crippen molar-refractivity contribution in [3.05, 3.63) is 59.7 Å². The van der Waals surface area contributed by atoms with E-state index in [1.54, 1.807) is 17.4 Å². The van der Waals surface area contributed by atoms with E-state index >= 15 is 0 Å². The summed E-state index contributed by atoms with van der Waals surface area (Å²) in [5, 5.41) is 5.52. The SMILES string of the molecule is C/C(=N\NS(=O)(=O)c1ccc(C)cc1)c1ccc(NC(=O)C(F)(F)F)cc1. The smallest absolute Gasteiger partial charge is 0.318 e. The third kappa shape index (κ3) is 5.55. The van der Waals surface area contributed by atoms with Gasteiger partial charge >= 0.3 is 12.1 Å². The normalized spacial score (nSPS) is 12.6. The number of halogens is 3. The molecule has 0 bridgehead atoms. The summed E-state index contributed by atoms with van der Waals surface area (Å²) in [5.74, 6) is -2.08. The molecule has 0 spiro atoms. The third-order valence-electron chi connectivity index (χ3n) is 3.48. The Kier molecular flexibility index (Phi) is 5.89. The summed E-state index contributed by atoms with van der Waals surface area (Å²) in [5.41, 5.74) is 1.62. The zero-order chi connectivity index (χ0) is 20.2. The molecule has 10 heteroatoms. The van der Waals surface area contributed by atoms with E-state index in [4.69, 9.17) is 0 Å². The molecule has 0 fully saturated rings. The second-order valence-corrected chi connectivity index (χ2v) is 7.30. The van der Waals surface area contributed by atoms with Crippen LogP contribution in [0.2, 0.25) is 0 Å². The van der Waals surface area contributed by atoms with Gasteiger partial charge in [-0.25, -0.2) is 0 Å². The highest BCUT2D eigenvalue weighted by atomic mass is 32.2. The lowest BCUT2D eigenvalue weighted by molar-refractivity contribution is -0.167. The summed E-state index contributed by atoms with van der Waals surface area (Å²) >= 11 is 0. The second-order valence-electron chi connectivity index (χ2n) is 5.63. The first kappa shape index (κ1) is 20.4. The maximum atomic E-state index is 12.2. The fourth-order valence-corrected chi connectivity index (χ4v) is 2.82. The molecule has 27 heavy (non-hydrogen) atoms. The number of hydrogen-bond donors (Lipinski definition) is 2. The number of anilines is 1. The predicted molar refractivity (Wildman–Crippen MR) is 94.8 cm³/mol. The lowest BCUT2D eigenvalue weighted by atomic mass is 10.1. The Morgan fingerprint density at radius 3 is 2.07 bits per heavy atom. The molecule has 0 aliphatic carbocycles. The number of nitrogens with one attached hydrogen (secondary N) is 2. The van der Waals surface area contributed by atoms with Crippen LogP contribution in [0.15, 0.2) is 58.5 Å². The second kappa shape index (κ2) is 7.78. The minimum absolute atomic E-state index is 0.0471. The number of nitrogens with zero attached hydrogens (tertiary/aromatic N) is 1. The average molecular weight is 399 g/mol. The molecule has 6 nitrogen and oxygen atoms in total. The summed E-state index contributed by atoms with van der Waals surface area (Å²) in [4.78, 5) is 13.0. The maximum Gasteiger partial charge on any atom is 0.471 e. The average Bonchev–Trinajstić information content (AvgIpc) is 2.60. The van der Waals surface area contributed by atoms with Gasteiger partial charge in [-0.1, -0.05) is 29.8 Å². The summed E-state index contributed by atoms with van der Waals surface area (Å²) < 4.78 is 61.0. The molecule has 0 radical (unpaired) electrons. The third-order valence-corrected chi connectivity index (χ3v) is 4.71. The van der Waals surface area contributed by atoms with E-state index in [2.05, 4.69) is 9.93 Å². The van der Waals surface area contributed by atoms with E-state index in [1.165, 1.54) is 43.3 Å². The van der Waals surface area contributed by atoms with Crippen molar-refractivity contribution in [3.8, 4) is 0 Å². The monoisotopic (exact) mass is 399 g/mol. The molecule has 2 aromatic rings. The largest absolute Gasteiger partial charge is 0.471 e. The molecule has 1 amide bonds. The number of hydrazone groups is 1. The van der Waals surface area contributed by atoms with Crippen molar-refractivity contribution >= 4 is 27.3 Å². The summed E-state index contributed by atoms with van der Waals surface area (Å²) in [6, 6.07) is 11.5. The van der Waals surface area contributed by atoms with Crippen molar-refractivity contribution in [2.24, 2.45) is 5.10 Å². The molecule has 0 aliphatic rings. The number of aryl methyl sites for hydroxylation is 1. The Labute approximate surface area is 154 Å². The Morgan fingerprint density at radius 2 is 1.56 bits per heavy atom. The Morgan fingerprint density at radius 1 is 1.00 bits per heavy atom. The van der Waals surface area contributed by atoms with Gasteiger partial charge in [-0.15, -0.1) is 0 Å². The van der Waals surface area contributed by atoms with Crippen molar-refractivity contribution in [1.82, 2.24) is 4.83 Å². The standard InChI is InChI=1S/C17H16F3N3O3S/c1-11-3-9-15(10-4-11)27(25,26)23-22-12(2)13-5-7-14(8-6-13)21-16(24)17(18,19)20/h3-10,23H,1-2H3,(H,21,24)/b22-12+. The van der Waals surface area contributed by atoms with Crippen molar-refractivity contribution in [2.45, 2.75) is 24.9 Å². The highest BCUT2D eigenvalue weighted by Crippen LogP contribution is 2.18. The van der Waals surface area contributed by atoms with Crippen LogP contribution in [-0.4, -0.2) is 26.2 Å². The van der Waals surface area contributed by atoms with Crippen LogP contribution >= 0.6 is 0 Å². The van der Waals surface area contributed by atoms with Gasteiger partial charge in [-0.2, -0.15) is 31.5 Å². The number of sulfonamides is 1. The molecular weight excluding hydrogens is 383 g/mol. The van der Waals surface area contributed by atoms with E-state index in [9.17, 15) is 26.4 Å². The van der Waals surface area contributed by atoms with Crippen LogP contribution in [0.3, 0.4) is 0 Å². The van der Waals surface area contributed by atoms with Gasteiger partial charge in [0.25, 0.3) is 10.0 Å². The lowest BCUT2D eigenvalue weighted by Gasteiger charge is -2.09. The fraction of sp³-hybridized carbons (Fsp3) is 0.176. The summed E-state index contributed by atoms with van der Waals surface area (Å²) in [7, 11) is -3.84. The van der Waals surface area contributed by atoms with Crippen LogP contribution in [0.5, 0.6) is 0 Å². The van der Waals surface area contributed by atoms with E-state index in [0.717, 1.165) is 5.56 Å². The molecule has 2 aromatic carbocycles. The van der Waals surface area contributed by atoms with Gasteiger partial charge in [0, 0.05) is 5.69 Å². The minimum Gasteiger partial charge on any atom is -0.318 e. The zero-order valence-corrected chi connectivity index (χ0v) is 15.1. The molecule has 0 unspecified atom stereocenters. The topological polar surface area (TPSA) is 87.6 Å². The quantitative estimate of drug-likeness (QED) is 0.598. The van der Waals surface area contributed by atoms with Gasteiger partial charge in [0.1, 0.15) is 0 Å². The van der Waals surface area contributed by atoms with E-state index in [-0.39, 0.29) is 10.6 Å². The van der Waals surface area contributed by atoms with Crippen molar-refractivity contribution in [3.63, 3.8) is 0 Å². The van der Waals surface area contributed by atoms with E-state index in [0.29, 0.717) is 11.3 Å². The van der Waals surface area contributed by atoms with Crippen LogP contribution < -0.4 is 10.1 Å². The number of amides is 1. The lowest BCUT2D eigenvalue weighted by Crippen LogP contribution is -2.29. The first-order chi connectivity index (χ1) is 12.5. The first-order valence-electron chi connectivity index (χ1n) is 7.60.